The molecule has 2 aromatic rings. The van der Waals surface area contributed by atoms with Crippen LogP contribution in [0.3, 0.4) is 0 Å². The molecule has 3 heterocycles. The van der Waals surface area contributed by atoms with Crippen LogP contribution < -0.4 is 5.32 Å². The molecule has 0 aliphatic carbocycles. The molecule has 4 rings (SSSR count). The molecular weight excluding hydrogens is 357 g/mol. The van der Waals surface area contributed by atoms with Crippen molar-refractivity contribution in [2.75, 3.05) is 25.0 Å². The fourth-order valence-electron chi connectivity index (χ4n) is 3.57. The summed E-state index contributed by atoms with van der Waals surface area (Å²) in [5, 5.41) is 3.28. The number of halogens is 1. The van der Waals surface area contributed by atoms with E-state index in [-0.39, 0.29) is 19.6 Å². The number of aromatic nitrogens is 1. The highest BCUT2D eigenvalue weighted by Crippen LogP contribution is 2.29. The van der Waals surface area contributed by atoms with Crippen molar-refractivity contribution in [1.82, 2.24) is 9.88 Å². The molecule has 1 atom stereocenters. The van der Waals surface area contributed by atoms with E-state index in [9.17, 15) is 4.79 Å². The number of nitrogens with zero attached hydrogens (tertiary/aromatic N) is 2. The Labute approximate surface area is 164 Å². The number of hydrogen-bond acceptors (Lipinski definition) is 4. The number of amides is 1. The summed E-state index contributed by atoms with van der Waals surface area (Å²) >= 11 is 0. The fourth-order valence-corrected chi connectivity index (χ4v) is 3.57. The van der Waals surface area contributed by atoms with E-state index in [0.29, 0.717) is 6.54 Å². The lowest BCUT2D eigenvalue weighted by Crippen LogP contribution is -2.32. The summed E-state index contributed by atoms with van der Waals surface area (Å²) < 4.78 is 20.4. The van der Waals surface area contributed by atoms with Crippen molar-refractivity contribution in [3.63, 3.8) is 0 Å². The van der Waals surface area contributed by atoms with E-state index in [1.807, 2.05) is 42.5 Å². The van der Waals surface area contributed by atoms with Gasteiger partial charge in [-0.1, -0.05) is 36.4 Å². The Morgan fingerprint density at radius 1 is 1.29 bits per heavy atom. The number of carbonyl (C=O) groups is 1. The zero-order valence-electron chi connectivity index (χ0n) is 15.7. The standard InChI is InChI=1S/C22H24FN3O2/c23-22(11-10-19-9-8-18-7-4-13-24-20(18)25-19)12-14-26(16-22)21(27)28-15-17-5-2-1-3-6-17/h1-3,5-6,8-11H,4,7,12-16H2,(H,24,25)/b11-10+/t22-/m0/s1. The van der Waals surface area contributed by atoms with Gasteiger partial charge in [-0.15, -0.1) is 0 Å². The van der Waals surface area contributed by atoms with Gasteiger partial charge in [0, 0.05) is 19.5 Å². The van der Waals surface area contributed by atoms with Crippen molar-refractivity contribution >= 4 is 18.0 Å². The number of benzene rings is 1. The summed E-state index contributed by atoms with van der Waals surface area (Å²) in [5.41, 5.74) is 1.27. The Bertz CT molecular complexity index is 871. The Balaban J connectivity index is 1.34. The molecule has 0 bridgehead atoms. The van der Waals surface area contributed by atoms with E-state index in [0.717, 1.165) is 36.5 Å². The normalized spacial score (nSPS) is 21.4. The second kappa shape index (κ2) is 8.00. The molecule has 0 spiro atoms. The van der Waals surface area contributed by atoms with Gasteiger partial charge in [-0.3, -0.25) is 0 Å². The highest BCUT2D eigenvalue weighted by atomic mass is 19.1. The Kier molecular flexibility index (Phi) is 5.28. The molecule has 5 nitrogen and oxygen atoms in total. The highest BCUT2D eigenvalue weighted by molar-refractivity contribution is 5.68. The Hall–Kier alpha value is -2.89. The third kappa shape index (κ3) is 4.32. The fraction of sp³-hybridized carbons (Fsp3) is 0.364. The van der Waals surface area contributed by atoms with E-state index >= 15 is 4.39 Å². The third-order valence-electron chi connectivity index (χ3n) is 5.18. The van der Waals surface area contributed by atoms with Crippen LogP contribution in [0.15, 0.2) is 48.5 Å². The maximum Gasteiger partial charge on any atom is 0.410 e. The van der Waals surface area contributed by atoms with Crippen molar-refractivity contribution in [3.05, 3.63) is 65.4 Å². The Morgan fingerprint density at radius 3 is 3.00 bits per heavy atom. The van der Waals surface area contributed by atoms with Gasteiger partial charge < -0.3 is 15.0 Å². The zero-order valence-corrected chi connectivity index (χ0v) is 15.7. The Morgan fingerprint density at radius 2 is 2.14 bits per heavy atom. The first-order valence-electron chi connectivity index (χ1n) is 9.69. The molecule has 1 N–H and O–H groups in total. The van der Waals surface area contributed by atoms with E-state index in [1.165, 1.54) is 16.5 Å². The van der Waals surface area contributed by atoms with Gasteiger partial charge >= 0.3 is 6.09 Å². The maximum atomic E-state index is 15.1. The molecule has 1 fully saturated rings. The van der Waals surface area contributed by atoms with Crippen molar-refractivity contribution in [1.29, 1.82) is 0 Å². The number of nitrogens with one attached hydrogen (secondary N) is 1. The van der Waals surface area contributed by atoms with Gasteiger partial charge in [0.1, 0.15) is 18.1 Å². The van der Waals surface area contributed by atoms with Gasteiger partial charge in [0.2, 0.25) is 0 Å². The molecule has 6 heteroatoms. The molecule has 2 aliphatic heterocycles. The predicted molar refractivity (Wildman–Crippen MR) is 107 cm³/mol. The topological polar surface area (TPSA) is 54.5 Å². The molecule has 28 heavy (non-hydrogen) atoms. The number of hydrogen-bond donors (Lipinski definition) is 1. The lowest BCUT2D eigenvalue weighted by atomic mass is 10.0. The number of ether oxygens (including phenoxy) is 1. The van der Waals surface area contributed by atoms with Crippen LogP contribution in [0.2, 0.25) is 0 Å². The molecule has 1 aromatic carbocycles. The molecule has 0 radical (unpaired) electrons. The van der Waals surface area contributed by atoms with Crippen LogP contribution in [0.1, 0.15) is 29.7 Å². The quantitative estimate of drug-likeness (QED) is 0.862. The van der Waals surface area contributed by atoms with Gasteiger partial charge in [0.05, 0.1) is 12.2 Å². The number of likely N-dealkylation sites (tertiary alicyclic amines) is 1. The average Bonchev–Trinajstić information content (AvgIpc) is 3.14. The van der Waals surface area contributed by atoms with E-state index in [4.69, 9.17) is 4.74 Å². The first-order valence-corrected chi connectivity index (χ1v) is 9.69. The number of anilines is 1. The SMILES string of the molecule is O=C(OCc1ccccc1)N1CC[C@@](F)(/C=C/c2ccc3c(n2)NCCC3)C1. The number of fused-ring (bicyclic) bond motifs is 1. The van der Waals surface area contributed by atoms with E-state index < -0.39 is 11.8 Å². The van der Waals surface area contributed by atoms with E-state index in [1.54, 1.807) is 6.08 Å². The maximum absolute atomic E-state index is 15.1. The second-order valence-electron chi connectivity index (χ2n) is 7.35. The smallest absolute Gasteiger partial charge is 0.410 e. The van der Waals surface area contributed by atoms with Crippen molar-refractivity contribution in [3.8, 4) is 0 Å². The van der Waals surface area contributed by atoms with Crippen LogP contribution in [-0.2, 0) is 17.8 Å². The molecule has 0 unspecified atom stereocenters. The minimum absolute atomic E-state index is 0.000311. The summed E-state index contributed by atoms with van der Waals surface area (Å²) in [5.74, 6) is 0.888. The van der Waals surface area contributed by atoms with Crippen LogP contribution >= 0.6 is 0 Å². The zero-order chi connectivity index (χ0) is 19.4. The summed E-state index contributed by atoms with van der Waals surface area (Å²) in [7, 11) is 0. The lowest BCUT2D eigenvalue weighted by molar-refractivity contribution is 0.0988. The highest BCUT2D eigenvalue weighted by Gasteiger charge is 2.38. The van der Waals surface area contributed by atoms with Crippen LogP contribution in [0, 0.1) is 0 Å². The lowest BCUT2D eigenvalue weighted by Gasteiger charge is -2.18. The van der Waals surface area contributed by atoms with Crippen molar-refractivity contribution < 1.29 is 13.9 Å². The number of pyridine rings is 1. The summed E-state index contributed by atoms with van der Waals surface area (Å²) in [6.07, 6.45) is 5.13. The molecule has 1 saturated heterocycles. The molecule has 1 aromatic heterocycles. The monoisotopic (exact) mass is 381 g/mol. The third-order valence-corrected chi connectivity index (χ3v) is 5.18. The molecule has 0 saturated carbocycles. The van der Waals surface area contributed by atoms with Gasteiger partial charge in [0.25, 0.3) is 0 Å². The minimum Gasteiger partial charge on any atom is -0.445 e. The number of alkyl halides is 1. The molecule has 1 amide bonds. The molecule has 146 valence electrons. The van der Waals surface area contributed by atoms with Crippen LogP contribution in [0.5, 0.6) is 0 Å². The molecule has 2 aliphatic rings. The summed E-state index contributed by atoms with van der Waals surface area (Å²) in [6, 6.07) is 13.4. The van der Waals surface area contributed by atoms with Gasteiger partial charge in [-0.25, -0.2) is 14.2 Å². The predicted octanol–water partition coefficient (Wildman–Crippen LogP) is 4.20. The van der Waals surface area contributed by atoms with Crippen molar-refractivity contribution in [2.45, 2.75) is 31.5 Å². The number of aryl methyl sites for hydroxylation is 1. The number of carbonyl (C=O) groups excluding carboxylic acids is 1. The summed E-state index contributed by atoms with van der Waals surface area (Å²) in [4.78, 5) is 18.2. The first-order chi connectivity index (χ1) is 13.6. The first kappa shape index (κ1) is 18.5. The largest absolute Gasteiger partial charge is 0.445 e. The van der Waals surface area contributed by atoms with Gasteiger partial charge in [0.15, 0.2) is 0 Å². The summed E-state index contributed by atoms with van der Waals surface area (Å²) in [6.45, 7) is 1.45. The molecular formula is C22H24FN3O2. The van der Waals surface area contributed by atoms with Gasteiger partial charge in [-0.2, -0.15) is 0 Å². The average molecular weight is 381 g/mol. The van der Waals surface area contributed by atoms with Crippen LogP contribution in [0.25, 0.3) is 6.08 Å². The van der Waals surface area contributed by atoms with Crippen LogP contribution in [0.4, 0.5) is 15.0 Å². The second-order valence-corrected chi connectivity index (χ2v) is 7.35. The van der Waals surface area contributed by atoms with E-state index in [2.05, 4.69) is 10.3 Å². The van der Waals surface area contributed by atoms with Gasteiger partial charge in [-0.05, 0) is 42.2 Å². The number of rotatable bonds is 4. The minimum atomic E-state index is -1.56. The van der Waals surface area contributed by atoms with Crippen LogP contribution in [-0.4, -0.2) is 41.3 Å². The van der Waals surface area contributed by atoms with Crippen molar-refractivity contribution in [2.24, 2.45) is 0 Å².